The number of nitrogens with one attached hydrogen (secondary N) is 1. The summed E-state index contributed by atoms with van der Waals surface area (Å²) in [5, 5.41) is 15.3. The number of hydrogen-bond donors (Lipinski definition) is 2. The normalized spacial score (nSPS) is 14.2. The van der Waals surface area contributed by atoms with Crippen LogP contribution in [0.25, 0.3) is 0 Å². The second-order valence-corrected chi connectivity index (χ2v) is 3.73. The third kappa shape index (κ3) is 2.59. The highest BCUT2D eigenvalue weighted by atomic mass is 16.4. The number of rotatable bonds is 4. The fourth-order valence-electron chi connectivity index (χ4n) is 1.22. The Hall–Kier alpha value is -1.85. The lowest BCUT2D eigenvalue weighted by Crippen LogP contribution is -2.40. The Bertz CT molecular complexity index is 400. The van der Waals surface area contributed by atoms with Crippen LogP contribution in [0.2, 0.25) is 0 Å². The van der Waals surface area contributed by atoms with Gasteiger partial charge in [-0.15, -0.1) is 0 Å². The fraction of sp³-hybridized carbons (Fsp3) is 0.500. The van der Waals surface area contributed by atoms with Crippen molar-refractivity contribution in [3.8, 4) is 0 Å². The number of carbonyl (C=O) groups is 2. The molecule has 0 fully saturated rings. The summed E-state index contributed by atoms with van der Waals surface area (Å²) in [6.07, 6.45) is 1.51. The van der Waals surface area contributed by atoms with Crippen molar-refractivity contribution in [1.29, 1.82) is 0 Å². The van der Waals surface area contributed by atoms with Gasteiger partial charge < -0.3 is 10.4 Å². The zero-order chi connectivity index (χ0) is 12.3. The van der Waals surface area contributed by atoms with E-state index in [0.717, 1.165) is 0 Å². The summed E-state index contributed by atoms with van der Waals surface area (Å²) in [6.45, 7) is 3.21. The minimum absolute atomic E-state index is 0.319. The molecule has 0 radical (unpaired) electrons. The van der Waals surface area contributed by atoms with Crippen LogP contribution in [0.15, 0.2) is 12.3 Å². The number of carboxylic acid groups (broad SMARTS) is 1. The van der Waals surface area contributed by atoms with Crippen molar-refractivity contribution < 1.29 is 14.7 Å². The van der Waals surface area contributed by atoms with Gasteiger partial charge >= 0.3 is 5.97 Å². The Kier molecular flexibility index (Phi) is 3.65. The van der Waals surface area contributed by atoms with Crippen molar-refractivity contribution in [3.05, 3.63) is 18.0 Å². The van der Waals surface area contributed by atoms with E-state index in [0.29, 0.717) is 5.69 Å². The first kappa shape index (κ1) is 12.2. The number of carbonyl (C=O) groups excluding carboxylic acids is 1. The van der Waals surface area contributed by atoms with Gasteiger partial charge in [-0.05, 0) is 19.9 Å². The van der Waals surface area contributed by atoms with E-state index in [-0.39, 0.29) is 5.91 Å². The molecule has 2 N–H and O–H groups in total. The van der Waals surface area contributed by atoms with Crippen LogP contribution in [0.4, 0.5) is 0 Å². The Morgan fingerprint density at radius 1 is 1.50 bits per heavy atom. The quantitative estimate of drug-likeness (QED) is 0.769. The van der Waals surface area contributed by atoms with E-state index in [1.165, 1.54) is 10.9 Å². The zero-order valence-corrected chi connectivity index (χ0v) is 9.47. The van der Waals surface area contributed by atoms with E-state index < -0.39 is 17.9 Å². The first-order chi connectivity index (χ1) is 7.43. The minimum Gasteiger partial charge on any atom is -0.481 e. The summed E-state index contributed by atoms with van der Waals surface area (Å²) >= 11 is 0. The third-order valence-electron chi connectivity index (χ3n) is 2.55. The predicted molar refractivity (Wildman–Crippen MR) is 56.9 cm³/mol. The smallest absolute Gasteiger partial charge is 0.308 e. The van der Waals surface area contributed by atoms with Crippen LogP contribution in [-0.4, -0.2) is 32.8 Å². The topological polar surface area (TPSA) is 84.2 Å². The van der Waals surface area contributed by atoms with Gasteiger partial charge in [0.2, 0.25) is 0 Å². The van der Waals surface area contributed by atoms with E-state index in [2.05, 4.69) is 10.4 Å². The minimum atomic E-state index is -0.933. The molecule has 1 aromatic heterocycles. The molecule has 0 aliphatic rings. The van der Waals surface area contributed by atoms with Crippen molar-refractivity contribution in [2.24, 2.45) is 13.0 Å². The maximum absolute atomic E-state index is 11.7. The van der Waals surface area contributed by atoms with Crippen LogP contribution >= 0.6 is 0 Å². The second kappa shape index (κ2) is 4.78. The van der Waals surface area contributed by atoms with Gasteiger partial charge in [-0.25, -0.2) is 0 Å². The van der Waals surface area contributed by atoms with Crippen LogP contribution < -0.4 is 5.32 Å². The van der Waals surface area contributed by atoms with E-state index >= 15 is 0 Å². The molecule has 1 rings (SSSR count). The Morgan fingerprint density at radius 2 is 2.12 bits per heavy atom. The maximum atomic E-state index is 11.7. The molecule has 88 valence electrons. The molecule has 0 saturated carbocycles. The molecule has 2 atom stereocenters. The summed E-state index contributed by atoms with van der Waals surface area (Å²) in [5.41, 5.74) is 0.407. The number of carboxylic acids is 1. The van der Waals surface area contributed by atoms with Gasteiger partial charge in [0.1, 0.15) is 5.69 Å². The zero-order valence-electron chi connectivity index (χ0n) is 9.47. The summed E-state index contributed by atoms with van der Waals surface area (Å²) in [5.74, 6) is -1.88. The number of hydrogen-bond acceptors (Lipinski definition) is 3. The summed E-state index contributed by atoms with van der Waals surface area (Å²) in [6, 6.07) is 1.15. The van der Waals surface area contributed by atoms with Crippen LogP contribution in [0, 0.1) is 5.92 Å². The monoisotopic (exact) mass is 225 g/mol. The molecule has 6 heteroatoms. The standard InChI is InChI=1S/C10H15N3O3/c1-6(10(15)16)7(2)12-9(14)8-4-5-11-13(8)3/h4-7H,1-3H3,(H,12,14)(H,15,16). The molecule has 1 aromatic rings. The van der Waals surface area contributed by atoms with Crippen molar-refractivity contribution in [2.45, 2.75) is 19.9 Å². The fourth-order valence-corrected chi connectivity index (χ4v) is 1.22. The summed E-state index contributed by atoms with van der Waals surface area (Å²) in [7, 11) is 1.65. The molecule has 0 aliphatic heterocycles. The average molecular weight is 225 g/mol. The number of aryl methyl sites for hydroxylation is 1. The van der Waals surface area contributed by atoms with Crippen LogP contribution in [0.1, 0.15) is 24.3 Å². The molecule has 0 saturated heterocycles. The Labute approximate surface area is 93.3 Å². The van der Waals surface area contributed by atoms with E-state index in [1.807, 2.05) is 0 Å². The van der Waals surface area contributed by atoms with Gasteiger partial charge in [-0.2, -0.15) is 5.10 Å². The number of aliphatic carboxylic acids is 1. The first-order valence-electron chi connectivity index (χ1n) is 4.95. The van der Waals surface area contributed by atoms with Gasteiger partial charge in [-0.1, -0.05) is 0 Å². The number of amides is 1. The number of aromatic nitrogens is 2. The van der Waals surface area contributed by atoms with Crippen molar-refractivity contribution in [3.63, 3.8) is 0 Å². The van der Waals surface area contributed by atoms with Crippen LogP contribution in [-0.2, 0) is 11.8 Å². The van der Waals surface area contributed by atoms with Crippen LogP contribution in [0.3, 0.4) is 0 Å². The summed E-state index contributed by atoms with van der Waals surface area (Å²) in [4.78, 5) is 22.4. The molecule has 2 unspecified atom stereocenters. The molecular formula is C10H15N3O3. The molecule has 0 aromatic carbocycles. The highest BCUT2D eigenvalue weighted by Gasteiger charge is 2.22. The summed E-state index contributed by atoms with van der Waals surface area (Å²) < 4.78 is 1.44. The Balaban J connectivity index is 2.65. The lowest BCUT2D eigenvalue weighted by atomic mass is 10.0. The van der Waals surface area contributed by atoms with Gasteiger partial charge in [0, 0.05) is 19.3 Å². The SMILES string of the molecule is CC(NC(=O)c1ccnn1C)C(C)C(=O)O. The highest BCUT2D eigenvalue weighted by Crippen LogP contribution is 2.04. The molecule has 16 heavy (non-hydrogen) atoms. The molecule has 0 aliphatic carbocycles. The predicted octanol–water partition coefficient (Wildman–Crippen LogP) is 0.259. The first-order valence-corrected chi connectivity index (χ1v) is 4.95. The average Bonchev–Trinajstić information content (AvgIpc) is 2.62. The van der Waals surface area contributed by atoms with Gasteiger partial charge in [0.25, 0.3) is 5.91 Å². The molecule has 1 heterocycles. The largest absolute Gasteiger partial charge is 0.481 e. The Morgan fingerprint density at radius 3 is 2.56 bits per heavy atom. The molecule has 0 spiro atoms. The molecule has 1 amide bonds. The lowest BCUT2D eigenvalue weighted by molar-refractivity contribution is -0.141. The third-order valence-corrected chi connectivity index (χ3v) is 2.55. The molecular weight excluding hydrogens is 210 g/mol. The van der Waals surface area contributed by atoms with E-state index in [1.54, 1.807) is 27.0 Å². The highest BCUT2D eigenvalue weighted by molar-refractivity contribution is 5.92. The van der Waals surface area contributed by atoms with Crippen molar-refractivity contribution in [1.82, 2.24) is 15.1 Å². The van der Waals surface area contributed by atoms with Gasteiger partial charge in [0.05, 0.1) is 5.92 Å². The second-order valence-electron chi connectivity index (χ2n) is 3.73. The maximum Gasteiger partial charge on any atom is 0.308 e. The van der Waals surface area contributed by atoms with Crippen LogP contribution in [0.5, 0.6) is 0 Å². The van der Waals surface area contributed by atoms with Crippen molar-refractivity contribution >= 4 is 11.9 Å². The van der Waals surface area contributed by atoms with E-state index in [4.69, 9.17) is 5.11 Å². The lowest BCUT2D eigenvalue weighted by Gasteiger charge is -2.17. The van der Waals surface area contributed by atoms with Gasteiger partial charge in [-0.3, -0.25) is 14.3 Å². The number of nitrogens with zero attached hydrogens (tertiary/aromatic N) is 2. The van der Waals surface area contributed by atoms with Crippen molar-refractivity contribution in [2.75, 3.05) is 0 Å². The van der Waals surface area contributed by atoms with E-state index in [9.17, 15) is 9.59 Å². The van der Waals surface area contributed by atoms with Gasteiger partial charge in [0.15, 0.2) is 0 Å². The molecule has 6 nitrogen and oxygen atoms in total. The molecule has 0 bridgehead atoms.